The van der Waals surface area contributed by atoms with Crippen molar-refractivity contribution in [1.82, 2.24) is 15.0 Å². The van der Waals surface area contributed by atoms with E-state index >= 15 is 0 Å². The number of rotatable bonds is 7. The molecule has 0 bridgehead atoms. The summed E-state index contributed by atoms with van der Waals surface area (Å²) in [6.45, 7) is 0. The molecule has 8 aromatic carbocycles. The molecular weight excluding hydrogens is 691 g/mol. The standard InChI is InChI=1S/C49H33N3SSi/c1-4-18-38(19-5-1)54(39-20-6-2-7-21-39,40-22-8-3-9-23-40)46-27-15-13-25-42(46)49-51-47(36-29-28-34-16-10-11-17-35(34)32-36)50-48(52-49)37-30-31-45-43(33-37)41-24-12-14-26-44(41)53-45/h1-33H. The SMILES string of the molecule is c1ccc([Si](c2ccccc2)(c2ccccc2)c2ccccc2-c2nc(-c3ccc4ccccc4c3)nc(-c3ccc4sc5ccccc5c4c3)n2)cc1. The van der Waals surface area contributed by atoms with Crippen molar-refractivity contribution in [2.24, 2.45) is 0 Å². The summed E-state index contributed by atoms with van der Waals surface area (Å²) in [7, 11) is -2.91. The van der Waals surface area contributed by atoms with Crippen molar-refractivity contribution >= 4 is 71.1 Å². The summed E-state index contributed by atoms with van der Waals surface area (Å²) >= 11 is 1.82. The van der Waals surface area contributed by atoms with Gasteiger partial charge in [-0.05, 0) is 61.9 Å². The van der Waals surface area contributed by atoms with Crippen molar-refractivity contribution in [2.45, 2.75) is 0 Å². The van der Waals surface area contributed by atoms with Gasteiger partial charge < -0.3 is 0 Å². The van der Waals surface area contributed by atoms with Crippen LogP contribution >= 0.6 is 11.3 Å². The topological polar surface area (TPSA) is 38.7 Å². The van der Waals surface area contributed by atoms with E-state index in [0.717, 1.165) is 22.1 Å². The Morgan fingerprint density at radius 3 is 1.54 bits per heavy atom. The normalized spacial score (nSPS) is 11.7. The number of thiophene rings is 1. The number of fused-ring (bicyclic) bond motifs is 4. The highest BCUT2D eigenvalue weighted by Gasteiger charge is 2.43. The summed E-state index contributed by atoms with van der Waals surface area (Å²) in [5.74, 6) is 1.97. The molecule has 54 heavy (non-hydrogen) atoms. The third-order valence-electron chi connectivity index (χ3n) is 10.5. The second kappa shape index (κ2) is 13.5. The Hall–Kier alpha value is -6.53. The number of nitrogens with zero attached hydrogens (tertiary/aromatic N) is 3. The quantitative estimate of drug-likeness (QED) is 0.121. The van der Waals surface area contributed by atoms with E-state index in [2.05, 4.69) is 200 Å². The van der Waals surface area contributed by atoms with Gasteiger partial charge in [-0.2, -0.15) is 0 Å². The summed E-state index contributed by atoms with van der Waals surface area (Å²) in [6, 6.07) is 72.0. The average molecular weight is 724 g/mol. The molecule has 0 saturated heterocycles. The van der Waals surface area contributed by atoms with Gasteiger partial charge >= 0.3 is 0 Å². The molecule has 0 saturated carbocycles. The van der Waals surface area contributed by atoms with Crippen LogP contribution in [0.3, 0.4) is 0 Å². The predicted molar refractivity (Wildman–Crippen MR) is 230 cm³/mol. The van der Waals surface area contributed by atoms with Gasteiger partial charge in [0.25, 0.3) is 0 Å². The van der Waals surface area contributed by atoms with Crippen LogP contribution < -0.4 is 20.7 Å². The van der Waals surface area contributed by atoms with Gasteiger partial charge in [-0.3, -0.25) is 0 Å². The smallest absolute Gasteiger partial charge is 0.180 e. The minimum absolute atomic E-state index is 0.650. The van der Waals surface area contributed by atoms with Gasteiger partial charge in [-0.25, -0.2) is 15.0 Å². The molecule has 10 aromatic rings. The lowest BCUT2D eigenvalue weighted by atomic mass is 10.1. The summed E-state index contributed by atoms with van der Waals surface area (Å²) in [5, 5.41) is 9.92. The molecular formula is C49H33N3SSi. The van der Waals surface area contributed by atoms with Gasteiger partial charge in [0.2, 0.25) is 0 Å². The maximum atomic E-state index is 5.39. The third kappa shape index (κ3) is 5.45. The zero-order valence-corrected chi connectivity index (χ0v) is 31.1. The van der Waals surface area contributed by atoms with Crippen LogP contribution in [0.25, 0.3) is 65.1 Å². The first-order chi connectivity index (χ1) is 26.8. The van der Waals surface area contributed by atoms with Crippen LogP contribution in [0.2, 0.25) is 0 Å². The Kier molecular flexibility index (Phi) is 8.01. The molecule has 10 rings (SSSR count). The lowest BCUT2D eigenvalue weighted by Gasteiger charge is -2.35. The molecule has 0 N–H and O–H groups in total. The lowest BCUT2D eigenvalue weighted by molar-refractivity contribution is 1.08. The average Bonchev–Trinajstić information content (AvgIpc) is 3.63. The summed E-state index contributed by atoms with van der Waals surface area (Å²) in [5.41, 5.74) is 2.93. The van der Waals surface area contributed by atoms with E-state index < -0.39 is 8.07 Å². The van der Waals surface area contributed by atoms with E-state index in [9.17, 15) is 0 Å². The van der Waals surface area contributed by atoms with Gasteiger partial charge in [0.05, 0.1) is 0 Å². The van der Waals surface area contributed by atoms with Crippen LogP contribution in [0, 0.1) is 0 Å². The highest BCUT2D eigenvalue weighted by molar-refractivity contribution is 7.25. The van der Waals surface area contributed by atoms with E-state index in [1.165, 1.54) is 46.3 Å². The van der Waals surface area contributed by atoms with E-state index in [-0.39, 0.29) is 0 Å². The summed E-state index contributed by atoms with van der Waals surface area (Å²) in [4.78, 5) is 16.0. The fourth-order valence-corrected chi connectivity index (χ4v) is 14.0. The molecule has 0 unspecified atom stereocenters. The highest BCUT2D eigenvalue weighted by Crippen LogP contribution is 2.36. The fraction of sp³-hybridized carbons (Fsp3) is 0. The van der Waals surface area contributed by atoms with Gasteiger partial charge in [-0.15, -0.1) is 11.3 Å². The number of hydrogen-bond acceptors (Lipinski definition) is 4. The fourth-order valence-electron chi connectivity index (χ4n) is 7.98. The van der Waals surface area contributed by atoms with Crippen LogP contribution in [0.5, 0.6) is 0 Å². The van der Waals surface area contributed by atoms with E-state index in [4.69, 9.17) is 15.0 Å². The van der Waals surface area contributed by atoms with Crippen molar-refractivity contribution in [3.8, 4) is 34.2 Å². The first kappa shape index (κ1) is 32.1. The zero-order chi connectivity index (χ0) is 35.9. The monoisotopic (exact) mass is 723 g/mol. The number of hydrogen-bond donors (Lipinski definition) is 0. The molecule has 0 aliphatic carbocycles. The molecule has 0 amide bonds. The number of aromatic nitrogens is 3. The maximum absolute atomic E-state index is 5.39. The molecule has 5 heteroatoms. The Morgan fingerprint density at radius 2 is 0.852 bits per heavy atom. The minimum Gasteiger partial charge on any atom is -0.208 e. The molecule has 254 valence electrons. The Balaban J connectivity index is 1.27. The van der Waals surface area contributed by atoms with Crippen molar-refractivity contribution in [3.63, 3.8) is 0 Å². The molecule has 0 radical (unpaired) electrons. The lowest BCUT2D eigenvalue weighted by Crippen LogP contribution is -2.75. The number of benzene rings is 8. The molecule has 3 nitrogen and oxygen atoms in total. The van der Waals surface area contributed by atoms with Crippen LogP contribution in [0.4, 0.5) is 0 Å². The van der Waals surface area contributed by atoms with Crippen molar-refractivity contribution in [1.29, 1.82) is 0 Å². The summed E-state index contributed by atoms with van der Waals surface area (Å²) in [6.07, 6.45) is 0. The van der Waals surface area contributed by atoms with Crippen LogP contribution in [-0.2, 0) is 0 Å². The minimum atomic E-state index is -2.91. The molecule has 2 heterocycles. The molecule has 0 atom stereocenters. The van der Waals surface area contributed by atoms with Gasteiger partial charge in [0.1, 0.15) is 0 Å². The van der Waals surface area contributed by atoms with Crippen LogP contribution in [-0.4, -0.2) is 23.0 Å². The van der Waals surface area contributed by atoms with Crippen molar-refractivity contribution < 1.29 is 0 Å². The van der Waals surface area contributed by atoms with Crippen LogP contribution in [0.1, 0.15) is 0 Å². The maximum Gasteiger partial charge on any atom is 0.180 e. The Labute approximate surface area is 318 Å². The first-order valence-electron chi connectivity index (χ1n) is 18.2. The molecule has 0 aliphatic heterocycles. The largest absolute Gasteiger partial charge is 0.208 e. The molecule has 2 aromatic heterocycles. The van der Waals surface area contributed by atoms with E-state index in [1.807, 2.05) is 11.3 Å². The third-order valence-corrected chi connectivity index (χ3v) is 16.5. The second-order valence-electron chi connectivity index (χ2n) is 13.6. The Bertz CT molecular complexity index is 2850. The van der Waals surface area contributed by atoms with Crippen molar-refractivity contribution in [3.05, 3.63) is 200 Å². The first-order valence-corrected chi connectivity index (χ1v) is 21.0. The van der Waals surface area contributed by atoms with E-state index in [1.54, 1.807) is 0 Å². The zero-order valence-electron chi connectivity index (χ0n) is 29.3. The summed E-state index contributed by atoms with van der Waals surface area (Å²) < 4.78 is 2.52. The highest BCUT2D eigenvalue weighted by atomic mass is 32.1. The van der Waals surface area contributed by atoms with Gasteiger partial charge in [0.15, 0.2) is 25.5 Å². The van der Waals surface area contributed by atoms with Crippen molar-refractivity contribution in [2.75, 3.05) is 0 Å². The molecule has 0 aliphatic rings. The molecule has 0 fully saturated rings. The Morgan fingerprint density at radius 1 is 0.352 bits per heavy atom. The van der Waals surface area contributed by atoms with Gasteiger partial charge in [0, 0.05) is 36.9 Å². The van der Waals surface area contributed by atoms with E-state index in [0.29, 0.717) is 17.5 Å². The predicted octanol–water partition coefficient (Wildman–Crippen LogP) is 9.77. The second-order valence-corrected chi connectivity index (χ2v) is 18.4. The van der Waals surface area contributed by atoms with Crippen LogP contribution in [0.15, 0.2) is 200 Å². The van der Waals surface area contributed by atoms with Gasteiger partial charge in [-0.1, -0.05) is 170 Å². The molecule has 0 spiro atoms.